The lowest BCUT2D eigenvalue weighted by Gasteiger charge is -2.36. The molecule has 0 aliphatic carbocycles. The number of hydrogen-bond acceptors (Lipinski definition) is 2. The van der Waals surface area contributed by atoms with Gasteiger partial charge in [0, 0.05) is 0 Å². The second-order valence-electron chi connectivity index (χ2n) is 3.73. The van der Waals surface area contributed by atoms with Crippen LogP contribution in [0.3, 0.4) is 0 Å². The third kappa shape index (κ3) is 4.98. The van der Waals surface area contributed by atoms with Crippen LogP contribution in [0.5, 0.6) is 0 Å². The van der Waals surface area contributed by atoms with Crippen molar-refractivity contribution >= 4 is 10.2 Å². The Bertz CT molecular complexity index is 517. The van der Waals surface area contributed by atoms with E-state index in [0.29, 0.717) is 0 Å². The SMILES string of the molecule is FC(F)C(F)(F)C(F)(F)C(F)(F)C(F)(F)C(F)(F)F.NS(N)(=O)=O. The van der Waals surface area contributed by atoms with Crippen LogP contribution in [0.1, 0.15) is 0 Å². The van der Waals surface area contributed by atoms with Crippen molar-refractivity contribution < 1.29 is 65.5 Å². The second-order valence-corrected chi connectivity index (χ2v) is 4.91. The molecule has 4 nitrogen and oxygen atoms in total. The maximum atomic E-state index is 12.3. The predicted molar refractivity (Wildman–Crippen MR) is 49.1 cm³/mol. The quantitative estimate of drug-likeness (QED) is 0.691. The van der Waals surface area contributed by atoms with Gasteiger partial charge in [0.2, 0.25) is 0 Å². The molecule has 0 amide bonds. The summed E-state index contributed by atoms with van der Waals surface area (Å²) in [6.07, 6.45) is -12.9. The summed E-state index contributed by atoms with van der Waals surface area (Å²) in [6.45, 7) is 0. The summed E-state index contributed by atoms with van der Waals surface area (Å²) in [7, 11) is -3.67. The van der Waals surface area contributed by atoms with E-state index in [1.54, 1.807) is 0 Å². The Morgan fingerprint density at radius 3 is 1.04 bits per heavy atom. The summed E-state index contributed by atoms with van der Waals surface area (Å²) >= 11 is 0. The lowest BCUT2D eigenvalue weighted by molar-refractivity contribution is -0.430. The van der Waals surface area contributed by atoms with Gasteiger partial charge in [-0.2, -0.15) is 56.7 Å². The van der Waals surface area contributed by atoms with Gasteiger partial charge in [0.15, 0.2) is 0 Å². The van der Waals surface area contributed by atoms with Gasteiger partial charge < -0.3 is 0 Å². The average Bonchev–Trinajstić information content (AvgIpc) is 2.23. The first-order valence-corrected chi connectivity index (χ1v) is 6.22. The van der Waals surface area contributed by atoms with Gasteiger partial charge in [0.1, 0.15) is 0 Å². The second kappa shape index (κ2) is 6.70. The van der Waals surface area contributed by atoms with Crippen LogP contribution in [0.2, 0.25) is 0 Å². The molecule has 0 saturated heterocycles. The van der Waals surface area contributed by atoms with E-state index in [4.69, 9.17) is 0 Å². The Morgan fingerprint density at radius 2 is 0.875 bits per heavy atom. The first kappa shape index (κ1) is 25.2. The van der Waals surface area contributed by atoms with Crippen LogP contribution < -0.4 is 10.3 Å². The van der Waals surface area contributed by atoms with Gasteiger partial charge in [-0.15, -0.1) is 0 Å². The van der Waals surface area contributed by atoms with E-state index in [-0.39, 0.29) is 0 Å². The van der Waals surface area contributed by atoms with E-state index in [0.717, 1.165) is 0 Å². The van der Waals surface area contributed by atoms with Gasteiger partial charge in [0.05, 0.1) is 0 Å². The highest BCUT2D eigenvalue weighted by Gasteiger charge is 2.88. The number of nitrogens with two attached hydrogens (primary N) is 2. The van der Waals surface area contributed by atoms with Crippen LogP contribution in [-0.4, -0.2) is 44.7 Å². The highest BCUT2D eigenvalue weighted by atomic mass is 32.2. The maximum absolute atomic E-state index is 12.3. The molecule has 24 heavy (non-hydrogen) atoms. The van der Waals surface area contributed by atoms with Gasteiger partial charge in [-0.05, 0) is 0 Å². The Labute approximate surface area is 123 Å². The lowest BCUT2D eigenvalue weighted by Crippen LogP contribution is -2.67. The Kier molecular flexibility index (Phi) is 7.03. The van der Waals surface area contributed by atoms with Crippen molar-refractivity contribution in [1.82, 2.24) is 0 Å². The first-order valence-electron chi connectivity index (χ1n) is 4.61. The maximum Gasteiger partial charge on any atom is 0.460 e. The van der Waals surface area contributed by atoms with Crippen molar-refractivity contribution in [3.8, 4) is 0 Å². The topological polar surface area (TPSA) is 86.2 Å². The van der Waals surface area contributed by atoms with Crippen LogP contribution in [-0.2, 0) is 10.2 Å². The summed E-state index contributed by atoms with van der Waals surface area (Å²) in [5.74, 6) is -30.1. The molecule has 0 aromatic heterocycles. The minimum atomic E-state index is -7.78. The van der Waals surface area contributed by atoms with Crippen molar-refractivity contribution in [3.05, 3.63) is 0 Å². The van der Waals surface area contributed by atoms with Gasteiger partial charge in [-0.25, -0.2) is 19.1 Å². The third-order valence-corrected chi connectivity index (χ3v) is 1.84. The zero-order valence-corrected chi connectivity index (χ0v) is 11.2. The predicted octanol–water partition coefficient (Wildman–Crippen LogP) is 2.50. The highest BCUT2D eigenvalue weighted by Crippen LogP contribution is 2.58. The van der Waals surface area contributed by atoms with Crippen LogP contribution in [0.15, 0.2) is 0 Å². The van der Waals surface area contributed by atoms with Gasteiger partial charge in [-0.1, -0.05) is 0 Å². The molecule has 0 atom stereocenters. The van der Waals surface area contributed by atoms with Crippen molar-refractivity contribution in [2.24, 2.45) is 10.3 Å². The Hall–Kier alpha value is -1.04. The molecular formula is C6H5F13N2O2S. The number of rotatable bonds is 4. The molecule has 0 aromatic rings. The normalized spacial score (nSPS) is 15.2. The lowest BCUT2D eigenvalue weighted by atomic mass is 9.98. The molecule has 0 aromatic carbocycles. The van der Waals surface area contributed by atoms with Gasteiger partial charge in [0.25, 0.3) is 10.2 Å². The van der Waals surface area contributed by atoms with Crippen molar-refractivity contribution in [1.29, 1.82) is 0 Å². The Balaban J connectivity index is 0. The summed E-state index contributed by atoms with van der Waals surface area (Å²) < 4.78 is 173. The van der Waals surface area contributed by atoms with Crippen molar-refractivity contribution in [2.45, 2.75) is 36.3 Å². The minimum Gasteiger partial charge on any atom is -0.216 e. The van der Waals surface area contributed by atoms with E-state index in [1.165, 1.54) is 0 Å². The summed E-state index contributed by atoms with van der Waals surface area (Å²) in [5.41, 5.74) is 0. The van der Waals surface area contributed by atoms with Crippen LogP contribution in [0.25, 0.3) is 0 Å². The van der Waals surface area contributed by atoms with E-state index in [9.17, 15) is 65.5 Å². The molecule has 0 aliphatic rings. The van der Waals surface area contributed by atoms with E-state index in [1.807, 2.05) is 0 Å². The zero-order chi connectivity index (χ0) is 20.6. The molecule has 0 saturated carbocycles. The number of alkyl halides is 13. The monoisotopic (exact) mass is 416 g/mol. The molecular weight excluding hydrogens is 411 g/mol. The van der Waals surface area contributed by atoms with Crippen molar-refractivity contribution in [2.75, 3.05) is 0 Å². The molecule has 18 heteroatoms. The van der Waals surface area contributed by atoms with Gasteiger partial charge >= 0.3 is 36.3 Å². The molecule has 148 valence electrons. The number of halogens is 13. The van der Waals surface area contributed by atoms with E-state index in [2.05, 4.69) is 10.3 Å². The summed E-state index contributed by atoms with van der Waals surface area (Å²) in [5, 5.41) is 8.21. The third-order valence-electron chi connectivity index (χ3n) is 1.84. The molecule has 0 rings (SSSR count). The molecule has 0 heterocycles. The Morgan fingerprint density at radius 1 is 0.625 bits per heavy atom. The standard InChI is InChI=1S/C6HF13.H4N2O2S/c7-1(8)2(9,10)3(11,12)4(13,14)5(15,16)6(17,18)19;1-5(2,3)4/h1H;(H4,1,2,3,4). The van der Waals surface area contributed by atoms with Gasteiger partial charge in [-0.3, -0.25) is 0 Å². The molecule has 0 fully saturated rings. The van der Waals surface area contributed by atoms with E-state index >= 15 is 0 Å². The smallest absolute Gasteiger partial charge is 0.216 e. The van der Waals surface area contributed by atoms with Crippen LogP contribution in [0, 0.1) is 0 Å². The summed E-state index contributed by atoms with van der Waals surface area (Å²) in [4.78, 5) is 0. The molecule has 0 aliphatic heterocycles. The van der Waals surface area contributed by atoms with E-state index < -0.39 is 46.5 Å². The molecule has 0 bridgehead atoms. The fourth-order valence-electron chi connectivity index (χ4n) is 0.722. The fourth-order valence-corrected chi connectivity index (χ4v) is 0.722. The molecule has 0 spiro atoms. The molecule has 0 radical (unpaired) electrons. The number of hydrogen-bond donors (Lipinski definition) is 2. The highest BCUT2D eigenvalue weighted by molar-refractivity contribution is 7.86. The minimum absolute atomic E-state index is 3.67. The van der Waals surface area contributed by atoms with Crippen molar-refractivity contribution in [3.63, 3.8) is 0 Å². The average molecular weight is 416 g/mol. The molecule has 4 N–H and O–H groups in total. The zero-order valence-electron chi connectivity index (χ0n) is 10.4. The van der Waals surface area contributed by atoms with Crippen LogP contribution >= 0.6 is 0 Å². The fraction of sp³-hybridized carbons (Fsp3) is 1.00. The summed E-state index contributed by atoms with van der Waals surface area (Å²) in [6, 6.07) is 0. The first-order chi connectivity index (χ1) is 9.94. The largest absolute Gasteiger partial charge is 0.460 e. The van der Waals surface area contributed by atoms with Crippen LogP contribution in [0.4, 0.5) is 57.1 Å². The molecule has 0 unspecified atom stereocenters.